The van der Waals surface area contributed by atoms with Crippen LogP contribution in [0.5, 0.6) is 0 Å². The number of nitrogens with zero attached hydrogens (tertiary/aromatic N) is 4. The number of nitrogens with one attached hydrogen (secondary N) is 1. The van der Waals surface area contributed by atoms with Gasteiger partial charge in [-0.2, -0.15) is 0 Å². The molecule has 110 valence electrons. The number of hydrogen-bond donors (Lipinski definition) is 1. The Kier molecular flexibility index (Phi) is 3.50. The molecule has 0 aliphatic carbocycles. The molecule has 1 saturated heterocycles. The molecule has 0 amide bonds. The van der Waals surface area contributed by atoms with Gasteiger partial charge in [-0.05, 0) is 11.6 Å². The van der Waals surface area contributed by atoms with Gasteiger partial charge in [0.2, 0.25) is 0 Å². The predicted molar refractivity (Wildman–Crippen MR) is 76.1 cm³/mol. The number of fused-ring (bicyclic) bond motifs is 1. The van der Waals surface area contributed by atoms with Crippen molar-refractivity contribution in [1.82, 2.24) is 14.5 Å². The standard InChI is InChI=1S/C12H18ClN5O2/c1-19-11-9-10(15-12(13)16-11)14-8-18(9)3-2-17-4-6-20-7-5-17/h8,11H,2-7H2,1H3,(H,15,16)/i2D2. The van der Waals surface area contributed by atoms with Crippen molar-refractivity contribution in [3.8, 4) is 0 Å². The van der Waals surface area contributed by atoms with Gasteiger partial charge in [0.25, 0.3) is 0 Å². The second-order valence-corrected chi connectivity index (χ2v) is 4.85. The highest BCUT2D eigenvalue weighted by Gasteiger charge is 2.26. The summed E-state index contributed by atoms with van der Waals surface area (Å²) in [4.78, 5) is 10.2. The molecule has 0 saturated carbocycles. The van der Waals surface area contributed by atoms with E-state index >= 15 is 0 Å². The van der Waals surface area contributed by atoms with Crippen LogP contribution in [0.15, 0.2) is 11.3 Å². The topological polar surface area (TPSA) is 63.9 Å². The predicted octanol–water partition coefficient (Wildman–Crippen LogP) is 0.881. The first-order valence-corrected chi connectivity index (χ1v) is 6.80. The van der Waals surface area contributed by atoms with Gasteiger partial charge in [0, 0.05) is 36.0 Å². The summed E-state index contributed by atoms with van der Waals surface area (Å²) < 4.78 is 29.0. The molecule has 1 unspecified atom stereocenters. The van der Waals surface area contributed by atoms with Crippen LogP contribution in [0.1, 0.15) is 14.7 Å². The van der Waals surface area contributed by atoms with E-state index in [1.54, 1.807) is 15.8 Å². The maximum Gasteiger partial charge on any atom is 0.199 e. The molecule has 3 rings (SSSR count). The first kappa shape index (κ1) is 11.5. The fourth-order valence-electron chi connectivity index (χ4n) is 2.23. The number of ether oxygens (including phenoxy) is 2. The van der Waals surface area contributed by atoms with Crippen molar-refractivity contribution in [2.45, 2.75) is 12.8 Å². The highest BCUT2D eigenvalue weighted by atomic mass is 35.5. The van der Waals surface area contributed by atoms with E-state index in [-0.39, 0.29) is 11.8 Å². The van der Waals surface area contributed by atoms with E-state index in [0.717, 1.165) is 0 Å². The van der Waals surface area contributed by atoms with Gasteiger partial charge in [0.05, 0.1) is 19.5 Å². The number of imidazole rings is 1. The summed E-state index contributed by atoms with van der Waals surface area (Å²) >= 11 is 5.90. The first-order valence-electron chi connectivity index (χ1n) is 7.42. The molecule has 8 heteroatoms. The zero-order valence-electron chi connectivity index (χ0n) is 13.2. The molecule has 0 bridgehead atoms. The maximum absolute atomic E-state index is 8.34. The van der Waals surface area contributed by atoms with Crippen LogP contribution >= 0.6 is 11.6 Å². The highest BCUT2D eigenvalue weighted by molar-refractivity contribution is 6.67. The van der Waals surface area contributed by atoms with Gasteiger partial charge in [-0.3, -0.25) is 4.90 Å². The van der Waals surface area contributed by atoms with Gasteiger partial charge in [0.15, 0.2) is 17.3 Å². The Balaban J connectivity index is 1.82. The number of rotatable bonds is 4. The van der Waals surface area contributed by atoms with E-state index in [9.17, 15) is 0 Å². The van der Waals surface area contributed by atoms with Crippen LogP contribution in [-0.2, 0) is 16.0 Å². The minimum atomic E-state index is -1.51. The van der Waals surface area contributed by atoms with Gasteiger partial charge < -0.3 is 19.4 Å². The molecule has 1 aromatic rings. The molecular formula is C12H18ClN5O2. The minimum Gasteiger partial charge on any atom is -0.379 e. The lowest BCUT2D eigenvalue weighted by Crippen LogP contribution is -2.38. The number of amidine groups is 1. The van der Waals surface area contributed by atoms with Crippen molar-refractivity contribution in [3.63, 3.8) is 0 Å². The third kappa shape index (κ3) is 2.80. The van der Waals surface area contributed by atoms with Crippen molar-refractivity contribution in [2.75, 3.05) is 45.2 Å². The molecule has 3 heterocycles. The van der Waals surface area contributed by atoms with Gasteiger partial charge >= 0.3 is 0 Å². The number of aromatic nitrogens is 2. The van der Waals surface area contributed by atoms with E-state index in [0.29, 0.717) is 37.8 Å². The van der Waals surface area contributed by atoms with Crippen LogP contribution in [0.3, 0.4) is 0 Å². The van der Waals surface area contributed by atoms with Crippen LogP contribution in [0.2, 0.25) is 0 Å². The molecular weight excluding hydrogens is 282 g/mol. The Bertz CT molecular complexity index is 574. The highest BCUT2D eigenvalue weighted by Crippen LogP contribution is 2.30. The fourth-order valence-corrected chi connectivity index (χ4v) is 2.41. The van der Waals surface area contributed by atoms with Gasteiger partial charge in [0.1, 0.15) is 5.69 Å². The zero-order valence-corrected chi connectivity index (χ0v) is 11.9. The lowest BCUT2D eigenvalue weighted by Gasteiger charge is -2.27. The average molecular weight is 302 g/mol. The number of aliphatic imine (C=N–C) groups is 1. The van der Waals surface area contributed by atoms with E-state index < -0.39 is 12.7 Å². The molecule has 1 aromatic heterocycles. The van der Waals surface area contributed by atoms with Crippen molar-refractivity contribution < 1.29 is 12.2 Å². The van der Waals surface area contributed by atoms with Crippen LogP contribution in [-0.4, -0.2) is 59.7 Å². The van der Waals surface area contributed by atoms with Gasteiger partial charge in [-0.1, -0.05) is 0 Å². The smallest absolute Gasteiger partial charge is 0.199 e. The van der Waals surface area contributed by atoms with Crippen LogP contribution in [0.4, 0.5) is 5.82 Å². The van der Waals surface area contributed by atoms with Crippen molar-refractivity contribution in [3.05, 3.63) is 12.0 Å². The van der Waals surface area contributed by atoms with Crippen molar-refractivity contribution in [1.29, 1.82) is 0 Å². The molecule has 0 spiro atoms. The quantitative estimate of drug-likeness (QED) is 0.837. The number of methoxy groups -OCH3 is 1. The van der Waals surface area contributed by atoms with Crippen LogP contribution < -0.4 is 5.32 Å². The lowest BCUT2D eigenvalue weighted by atomic mass is 10.3. The van der Waals surface area contributed by atoms with E-state index in [1.165, 1.54) is 7.11 Å². The summed E-state index contributed by atoms with van der Waals surface area (Å²) in [6.07, 6.45) is 0.985. The Labute approximate surface area is 125 Å². The summed E-state index contributed by atoms with van der Waals surface area (Å²) in [5, 5.41) is 3.07. The largest absolute Gasteiger partial charge is 0.379 e. The molecule has 2 aliphatic rings. The van der Waals surface area contributed by atoms with Crippen LogP contribution in [0, 0.1) is 0 Å². The number of aryl methyl sites for hydroxylation is 1. The average Bonchev–Trinajstić information content (AvgIpc) is 2.89. The second-order valence-electron chi connectivity index (χ2n) is 4.50. The molecule has 1 atom stereocenters. The second kappa shape index (κ2) is 6.09. The Morgan fingerprint density at radius 1 is 1.60 bits per heavy atom. The SMILES string of the molecule is [2H]C([2H])(Cn1cnc2c1C(OC)N=C(Cl)N2)N1CCOCC1. The summed E-state index contributed by atoms with van der Waals surface area (Å²) in [6.45, 7) is 0.846. The van der Waals surface area contributed by atoms with Gasteiger partial charge in [-0.15, -0.1) is 0 Å². The molecule has 1 fully saturated rings. The monoisotopic (exact) mass is 301 g/mol. The molecule has 0 aromatic carbocycles. The summed E-state index contributed by atoms with van der Waals surface area (Å²) in [5.74, 6) is 0.546. The zero-order chi connectivity index (χ0) is 15.7. The van der Waals surface area contributed by atoms with E-state index in [2.05, 4.69) is 15.3 Å². The fraction of sp³-hybridized carbons (Fsp3) is 0.667. The summed E-state index contributed by atoms with van der Waals surface area (Å²) in [5.41, 5.74) is 0.670. The number of morpholine rings is 1. The van der Waals surface area contributed by atoms with Crippen LogP contribution in [0.25, 0.3) is 0 Å². The number of anilines is 1. The summed E-state index contributed by atoms with van der Waals surface area (Å²) in [6, 6.07) is 0. The lowest BCUT2D eigenvalue weighted by molar-refractivity contribution is 0.0357. The Morgan fingerprint density at radius 3 is 3.15 bits per heavy atom. The van der Waals surface area contributed by atoms with Gasteiger partial charge in [-0.25, -0.2) is 9.98 Å². The molecule has 2 aliphatic heterocycles. The Hall–Kier alpha value is -1.15. The van der Waals surface area contributed by atoms with E-state index in [1.807, 2.05) is 0 Å². The third-order valence-corrected chi connectivity index (χ3v) is 3.46. The maximum atomic E-state index is 8.34. The molecule has 1 N–H and O–H groups in total. The summed E-state index contributed by atoms with van der Waals surface area (Å²) in [7, 11) is 1.53. The third-order valence-electron chi connectivity index (χ3n) is 3.26. The van der Waals surface area contributed by atoms with E-state index in [4.69, 9.17) is 23.8 Å². The normalized spacial score (nSPS) is 25.3. The molecule has 7 nitrogen and oxygen atoms in total. The molecule has 0 radical (unpaired) electrons. The molecule has 20 heavy (non-hydrogen) atoms. The first-order chi connectivity index (χ1) is 10.5. The Morgan fingerprint density at radius 2 is 2.40 bits per heavy atom. The number of halogens is 1. The number of hydrogen-bond acceptors (Lipinski definition) is 6. The van der Waals surface area contributed by atoms with Crippen molar-refractivity contribution in [2.24, 2.45) is 4.99 Å². The van der Waals surface area contributed by atoms with Crippen molar-refractivity contribution >= 4 is 22.7 Å². The minimum absolute atomic E-state index is 0.129.